The molecule has 12 nitrogen and oxygen atoms in total. The predicted octanol–water partition coefficient (Wildman–Crippen LogP) is 0.224. The van der Waals surface area contributed by atoms with E-state index in [0.717, 1.165) is 0 Å². The van der Waals surface area contributed by atoms with Gasteiger partial charge in [0.15, 0.2) is 29.0 Å². The van der Waals surface area contributed by atoms with Gasteiger partial charge < -0.3 is 45.4 Å². The van der Waals surface area contributed by atoms with Crippen LogP contribution in [0.1, 0.15) is 0 Å². The van der Waals surface area contributed by atoms with Crippen molar-refractivity contribution in [2.45, 2.75) is 17.5 Å². The Morgan fingerprint density at radius 2 is 1.75 bits per heavy atom. The van der Waals surface area contributed by atoms with Crippen LogP contribution in [0, 0.1) is 11.7 Å². The topological polar surface area (TPSA) is 181 Å². The molecule has 3 aromatic rings. The first kappa shape index (κ1) is 26.4. The number of rotatable bonds is 6. The zero-order valence-corrected chi connectivity index (χ0v) is 20.6. The molecule has 2 aromatic carbocycles. The number of piperidine rings is 1. The number of β-amino-alcohol motifs (C(OH)–C–C–N with tert-alkyl or cyclic N) is 4. The summed E-state index contributed by atoms with van der Waals surface area (Å²) in [7, 11) is 2.64. The molecule has 194 valence electrons. The van der Waals surface area contributed by atoms with Crippen LogP contribution in [0.4, 0.5) is 15.9 Å². The maximum Gasteiger partial charge on any atom is 0.335 e. The number of aliphatic hydroxyl groups is 6. The Morgan fingerprint density at radius 3 is 2.36 bits per heavy atom. The number of fused-ring (bicyclic) bond motifs is 1. The second-order valence-electron chi connectivity index (χ2n) is 8.61. The van der Waals surface area contributed by atoms with Crippen LogP contribution >= 0.6 is 15.9 Å². The lowest BCUT2D eigenvalue weighted by Gasteiger charge is -2.50. The number of nitrogens with one attached hydrogen (secondary N) is 1. The van der Waals surface area contributed by atoms with Crippen molar-refractivity contribution in [1.29, 1.82) is 0 Å². The van der Waals surface area contributed by atoms with E-state index in [-0.39, 0.29) is 28.5 Å². The summed E-state index contributed by atoms with van der Waals surface area (Å²) < 4.78 is 25.4. The molecular weight excluding hydrogens is 547 g/mol. The first-order valence-electron chi connectivity index (χ1n) is 10.5. The lowest BCUT2D eigenvalue weighted by molar-refractivity contribution is -0.445. The molecule has 0 bridgehead atoms. The van der Waals surface area contributed by atoms with Gasteiger partial charge in [0, 0.05) is 15.9 Å². The van der Waals surface area contributed by atoms with Gasteiger partial charge in [-0.2, -0.15) is 0 Å². The van der Waals surface area contributed by atoms with Crippen molar-refractivity contribution < 1.29 is 44.5 Å². The molecule has 0 unspecified atom stereocenters. The van der Waals surface area contributed by atoms with E-state index < -0.39 is 42.4 Å². The Kier molecular flexibility index (Phi) is 6.83. The second kappa shape index (κ2) is 9.32. The number of benzene rings is 2. The zero-order chi connectivity index (χ0) is 26.5. The van der Waals surface area contributed by atoms with Crippen LogP contribution in [0.5, 0.6) is 11.5 Å². The molecule has 1 aliphatic rings. The molecule has 1 fully saturated rings. The lowest BCUT2D eigenvalue weighted by Crippen LogP contribution is -2.73. The van der Waals surface area contributed by atoms with E-state index in [1.54, 1.807) is 6.07 Å². The van der Waals surface area contributed by atoms with Gasteiger partial charge in [0.1, 0.15) is 18.0 Å². The maximum atomic E-state index is 14.3. The molecule has 14 heteroatoms. The molecule has 0 amide bonds. The Bertz CT molecular complexity index is 1270. The van der Waals surface area contributed by atoms with Gasteiger partial charge in [-0.3, -0.25) is 4.90 Å². The third-order valence-corrected chi connectivity index (χ3v) is 6.16. The summed E-state index contributed by atoms with van der Waals surface area (Å²) in [6, 6.07) is 7.03. The van der Waals surface area contributed by atoms with Crippen molar-refractivity contribution in [2.75, 3.05) is 32.6 Å². The molecule has 4 rings (SSSR count). The summed E-state index contributed by atoms with van der Waals surface area (Å²) in [6.07, 6.45) is 1.18. The number of likely N-dealkylation sites (tertiary alicyclic amines) is 1. The van der Waals surface area contributed by atoms with Crippen LogP contribution in [0.2, 0.25) is 0 Å². The van der Waals surface area contributed by atoms with E-state index in [4.69, 9.17) is 9.47 Å². The molecule has 1 saturated heterocycles. The van der Waals surface area contributed by atoms with E-state index >= 15 is 0 Å². The molecular formula is C22H24BrFN4O8. The minimum absolute atomic E-state index is 0.0695. The fourth-order valence-electron chi connectivity index (χ4n) is 4.35. The first-order chi connectivity index (χ1) is 16.7. The molecule has 0 aliphatic carbocycles. The summed E-state index contributed by atoms with van der Waals surface area (Å²) in [5, 5.41) is 66.0. The van der Waals surface area contributed by atoms with E-state index in [9.17, 15) is 35.0 Å². The largest absolute Gasteiger partial charge is 0.493 e. The third-order valence-electron chi connectivity index (χ3n) is 5.67. The zero-order valence-electron chi connectivity index (χ0n) is 19.1. The maximum absolute atomic E-state index is 14.3. The minimum atomic E-state index is -3.48. The van der Waals surface area contributed by atoms with Crippen molar-refractivity contribution in [3.8, 4) is 11.5 Å². The summed E-state index contributed by atoms with van der Waals surface area (Å²) in [6.45, 7) is -1.06. The van der Waals surface area contributed by atoms with Gasteiger partial charge in [0.25, 0.3) is 0 Å². The van der Waals surface area contributed by atoms with Crippen molar-refractivity contribution in [1.82, 2.24) is 14.9 Å². The molecule has 0 saturated carbocycles. The van der Waals surface area contributed by atoms with Crippen molar-refractivity contribution in [3.63, 3.8) is 0 Å². The molecule has 7 N–H and O–H groups in total. The molecule has 0 spiro atoms. The Morgan fingerprint density at radius 1 is 1.08 bits per heavy atom. The number of hydrogen-bond acceptors (Lipinski definition) is 12. The third kappa shape index (κ3) is 5.07. The fourth-order valence-corrected chi connectivity index (χ4v) is 4.68. The molecule has 0 atom stereocenters. The van der Waals surface area contributed by atoms with Crippen LogP contribution in [-0.2, 0) is 0 Å². The number of aromatic nitrogens is 2. The second-order valence-corrected chi connectivity index (χ2v) is 9.53. The number of nitrogens with zero attached hydrogens (tertiary/aromatic N) is 3. The number of likely N-dealkylation sites (N-methyl/N-ethyl adjacent to an activating group) is 1. The summed E-state index contributed by atoms with van der Waals surface area (Å²) in [5.41, 5.74) is 0.340. The quantitative estimate of drug-likeness (QED) is 0.201. The standard InChI is InChI=1S/C22H24BrFN4O8/c1-28-8-20(29,30)19(21(31,32)9-28)22(33,34)36-17-7-15-12(6-16(17)35-2)18(26-10-25-15)27-14-4-3-11(23)5-13(14)24/h3-7,10,19,29-34H,8-9H2,1-2H3,(H,25,26,27). The highest BCUT2D eigenvalue weighted by atomic mass is 79.9. The average molecular weight is 571 g/mol. The van der Waals surface area contributed by atoms with Crippen LogP contribution in [0.25, 0.3) is 10.9 Å². The smallest absolute Gasteiger partial charge is 0.335 e. The van der Waals surface area contributed by atoms with Crippen LogP contribution in [0.15, 0.2) is 41.1 Å². The summed E-state index contributed by atoms with van der Waals surface area (Å²) in [5.74, 6) is -12.5. The van der Waals surface area contributed by atoms with Crippen molar-refractivity contribution >= 4 is 38.3 Å². The molecule has 2 heterocycles. The summed E-state index contributed by atoms with van der Waals surface area (Å²) >= 11 is 3.19. The van der Waals surface area contributed by atoms with Gasteiger partial charge in [-0.05, 0) is 31.3 Å². The fraction of sp³-hybridized carbons (Fsp3) is 0.364. The molecule has 36 heavy (non-hydrogen) atoms. The number of anilines is 2. The van der Waals surface area contributed by atoms with E-state index in [2.05, 4.69) is 31.2 Å². The highest BCUT2D eigenvalue weighted by Crippen LogP contribution is 2.42. The van der Waals surface area contributed by atoms with Gasteiger partial charge in [0.05, 0.1) is 31.4 Å². The van der Waals surface area contributed by atoms with E-state index in [1.165, 1.54) is 49.7 Å². The Labute approximate surface area is 212 Å². The highest BCUT2D eigenvalue weighted by molar-refractivity contribution is 9.10. The van der Waals surface area contributed by atoms with Crippen LogP contribution < -0.4 is 14.8 Å². The highest BCUT2D eigenvalue weighted by Gasteiger charge is 2.64. The van der Waals surface area contributed by atoms with Gasteiger partial charge >= 0.3 is 5.97 Å². The molecule has 0 radical (unpaired) electrons. The van der Waals surface area contributed by atoms with Gasteiger partial charge in [-0.25, -0.2) is 14.4 Å². The lowest BCUT2D eigenvalue weighted by atomic mass is 9.83. The summed E-state index contributed by atoms with van der Waals surface area (Å²) in [4.78, 5) is 9.43. The van der Waals surface area contributed by atoms with Crippen molar-refractivity contribution in [3.05, 3.63) is 46.9 Å². The number of ether oxygens (including phenoxy) is 2. The monoisotopic (exact) mass is 570 g/mol. The van der Waals surface area contributed by atoms with E-state index in [0.29, 0.717) is 9.86 Å². The average Bonchev–Trinajstić information content (AvgIpc) is 2.72. The van der Waals surface area contributed by atoms with Gasteiger partial charge in [-0.15, -0.1) is 0 Å². The number of halogens is 2. The number of methoxy groups -OCH3 is 1. The van der Waals surface area contributed by atoms with Crippen molar-refractivity contribution in [2.24, 2.45) is 5.92 Å². The molecule has 1 aliphatic heterocycles. The minimum Gasteiger partial charge on any atom is -0.493 e. The van der Waals surface area contributed by atoms with Crippen LogP contribution in [0.3, 0.4) is 0 Å². The first-order valence-corrected chi connectivity index (χ1v) is 11.3. The van der Waals surface area contributed by atoms with Crippen LogP contribution in [-0.4, -0.2) is 90.3 Å². The SMILES string of the molecule is COc1cc2c(Nc3ccc(Br)cc3F)ncnc2cc1OC(O)(O)C1C(O)(O)CN(C)CC1(O)O. The predicted molar refractivity (Wildman–Crippen MR) is 127 cm³/mol. The number of hydrogen-bond donors (Lipinski definition) is 7. The molecule has 1 aromatic heterocycles. The van der Waals surface area contributed by atoms with Gasteiger partial charge in [-0.1, -0.05) is 15.9 Å². The Hall–Kier alpha value is -2.69. The Balaban J connectivity index is 1.72. The van der Waals surface area contributed by atoms with E-state index in [1.807, 2.05) is 0 Å². The normalized spacial score (nSPS) is 18.3. The van der Waals surface area contributed by atoms with Gasteiger partial charge in [0.2, 0.25) is 0 Å².